The number of rotatable bonds is 5. The van der Waals surface area contributed by atoms with E-state index in [2.05, 4.69) is 0 Å². The van der Waals surface area contributed by atoms with Crippen molar-refractivity contribution < 1.29 is 19.4 Å². The molecule has 1 amide bonds. The van der Waals surface area contributed by atoms with Gasteiger partial charge in [-0.15, -0.1) is 0 Å². The second-order valence-electron chi connectivity index (χ2n) is 6.21. The van der Waals surface area contributed by atoms with E-state index in [4.69, 9.17) is 4.74 Å². The predicted octanol–water partition coefficient (Wildman–Crippen LogP) is 3.26. The number of hydrogen-bond acceptors (Lipinski definition) is 3. The number of likely N-dealkylation sites (tertiary alicyclic amines) is 1. The number of carboxylic acid groups (broad SMARTS) is 1. The number of methoxy groups -OCH3 is 1. The van der Waals surface area contributed by atoms with Gasteiger partial charge in [-0.25, -0.2) is 0 Å². The van der Waals surface area contributed by atoms with Crippen LogP contribution >= 0.6 is 0 Å². The molecule has 5 nitrogen and oxygen atoms in total. The topological polar surface area (TPSA) is 66.8 Å². The average molecular weight is 339 g/mol. The number of ether oxygens (including phenoxy) is 1. The molecule has 3 rings (SSSR count). The molecular weight excluding hydrogens is 318 g/mol. The van der Waals surface area contributed by atoms with Crippen molar-refractivity contribution in [2.75, 3.05) is 7.11 Å². The summed E-state index contributed by atoms with van der Waals surface area (Å²) in [6.07, 6.45) is 0.618. The van der Waals surface area contributed by atoms with Crippen LogP contribution in [-0.4, -0.2) is 29.0 Å². The van der Waals surface area contributed by atoms with Crippen molar-refractivity contribution in [3.8, 4) is 5.75 Å². The van der Waals surface area contributed by atoms with Gasteiger partial charge in [-0.1, -0.05) is 42.5 Å². The van der Waals surface area contributed by atoms with E-state index in [1.807, 2.05) is 42.5 Å². The molecule has 0 aliphatic carbocycles. The van der Waals surface area contributed by atoms with E-state index in [1.54, 1.807) is 24.1 Å². The first-order valence-corrected chi connectivity index (χ1v) is 8.30. The number of benzene rings is 2. The molecule has 2 aromatic carbocycles. The fraction of sp³-hybridized carbons (Fsp3) is 0.300. The Morgan fingerprint density at radius 3 is 2.44 bits per heavy atom. The van der Waals surface area contributed by atoms with Crippen LogP contribution in [0, 0.1) is 5.92 Å². The van der Waals surface area contributed by atoms with Gasteiger partial charge >= 0.3 is 5.97 Å². The Balaban J connectivity index is 1.97. The molecule has 1 aliphatic rings. The lowest BCUT2D eigenvalue weighted by Gasteiger charge is -2.40. The lowest BCUT2D eigenvalue weighted by atomic mass is 9.84. The third-order valence-electron chi connectivity index (χ3n) is 4.68. The van der Waals surface area contributed by atoms with E-state index < -0.39 is 17.9 Å². The van der Waals surface area contributed by atoms with E-state index >= 15 is 0 Å². The summed E-state index contributed by atoms with van der Waals surface area (Å²) in [5, 5.41) is 9.68. The number of hydrogen-bond donors (Lipinski definition) is 1. The molecule has 0 bridgehead atoms. The molecule has 130 valence electrons. The van der Waals surface area contributed by atoms with Gasteiger partial charge in [0.1, 0.15) is 5.75 Å². The molecule has 1 fully saturated rings. The molecular formula is C20H21NO4. The van der Waals surface area contributed by atoms with E-state index in [0.29, 0.717) is 18.7 Å². The largest absolute Gasteiger partial charge is 0.497 e. The molecule has 1 aliphatic heterocycles. The molecule has 1 saturated heterocycles. The molecule has 0 saturated carbocycles. The van der Waals surface area contributed by atoms with E-state index in [0.717, 1.165) is 11.1 Å². The van der Waals surface area contributed by atoms with Gasteiger partial charge in [0, 0.05) is 13.0 Å². The quantitative estimate of drug-likeness (QED) is 0.908. The van der Waals surface area contributed by atoms with Gasteiger partial charge in [0.05, 0.1) is 19.1 Å². The summed E-state index contributed by atoms with van der Waals surface area (Å²) in [5.41, 5.74) is 1.80. The van der Waals surface area contributed by atoms with Crippen LogP contribution in [-0.2, 0) is 16.1 Å². The van der Waals surface area contributed by atoms with Crippen LogP contribution in [0.15, 0.2) is 54.6 Å². The molecule has 5 heteroatoms. The monoisotopic (exact) mass is 339 g/mol. The Bertz CT molecular complexity index is 742. The van der Waals surface area contributed by atoms with Crippen molar-refractivity contribution in [3.05, 3.63) is 65.7 Å². The van der Waals surface area contributed by atoms with Crippen LogP contribution in [0.3, 0.4) is 0 Å². The van der Waals surface area contributed by atoms with E-state index in [9.17, 15) is 14.7 Å². The Hall–Kier alpha value is -2.82. The lowest BCUT2D eigenvalue weighted by Crippen LogP contribution is -2.44. The highest BCUT2D eigenvalue weighted by Gasteiger charge is 2.40. The van der Waals surface area contributed by atoms with Crippen LogP contribution < -0.4 is 4.74 Å². The molecule has 0 aromatic heterocycles. The Kier molecular flexibility index (Phi) is 5.03. The highest BCUT2D eigenvalue weighted by Crippen LogP contribution is 2.38. The van der Waals surface area contributed by atoms with Crippen LogP contribution in [0.4, 0.5) is 0 Å². The SMILES string of the molecule is COc1ccc([C@H]2[C@H](C(=O)O)CCC(=O)N2Cc2ccccc2)cc1. The van der Waals surface area contributed by atoms with Gasteiger partial charge in [0.15, 0.2) is 0 Å². The first-order valence-electron chi connectivity index (χ1n) is 8.30. The zero-order chi connectivity index (χ0) is 17.8. The number of piperidine rings is 1. The summed E-state index contributed by atoms with van der Waals surface area (Å²) >= 11 is 0. The third kappa shape index (κ3) is 3.65. The molecule has 0 unspecified atom stereocenters. The molecule has 1 heterocycles. The maximum atomic E-state index is 12.6. The summed E-state index contributed by atoms with van der Waals surface area (Å²) in [4.78, 5) is 26.1. The zero-order valence-electron chi connectivity index (χ0n) is 14.1. The normalized spacial score (nSPS) is 20.4. The highest BCUT2D eigenvalue weighted by atomic mass is 16.5. The van der Waals surface area contributed by atoms with Crippen molar-refractivity contribution in [1.29, 1.82) is 0 Å². The maximum absolute atomic E-state index is 12.6. The standard InChI is InChI=1S/C20H21NO4/c1-25-16-9-7-15(8-10-16)19-17(20(23)24)11-12-18(22)21(19)13-14-5-3-2-4-6-14/h2-10,17,19H,11-13H2,1H3,(H,23,24)/t17-,19+/m1/s1. The zero-order valence-corrected chi connectivity index (χ0v) is 14.1. The number of aliphatic carboxylic acids is 1. The Morgan fingerprint density at radius 1 is 1.16 bits per heavy atom. The first kappa shape index (κ1) is 17.0. The summed E-state index contributed by atoms with van der Waals surface area (Å²) in [6, 6.07) is 16.5. The third-order valence-corrected chi connectivity index (χ3v) is 4.68. The van der Waals surface area contributed by atoms with Gasteiger partial charge in [-0.05, 0) is 29.7 Å². The summed E-state index contributed by atoms with van der Waals surface area (Å²) in [5.74, 6) is -0.796. The molecule has 2 aromatic rings. The van der Waals surface area contributed by atoms with Crippen molar-refractivity contribution >= 4 is 11.9 Å². The van der Waals surface area contributed by atoms with Gasteiger partial charge in [0.25, 0.3) is 0 Å². The van der Waals surface area contributed by atoms with Crippen LogP contribution in [0.25, 0.3) is 0 Å². The minimum absolute atomic E-state index is 0.0119. The lowest BCUT2D eigenvalue weighted by molar-refractivity contribution is -0.152. The fourth-order valence-corrected chi connectivity index (χ4v) is 3.39. The van der Waals surface area contributed by atoms with Gasteiger partial charge in [0.2, 0.25) is 5.91 Å². The van der Waals surface area contributed by atoms with Crippen molar-refractivity contribution in [2.45, 2.75) is 25.4 Å². The molecule has 0 spiro atoms. The van der Waals surface area contributed by atoms with Gasteiger partial charge < -0.3 is 14.7 Å². The summed E-state index contributed by atoms with van der Waals surface area (Å²) < 4.78 is 5.18. The van der Waals surface area contributed by atoms with Crippen LogP contribution in [0.1, 0.15) is 30.0 Å². The highest BCUT2D eigenvalue weighted by molar-refractivity contribution is 5.81. The number of carboxylic acids is 1. The van der Waals surface area contributed by atoms with Crippen molar-refractivity contribution in [3.63, 3.8) is 0 Å². The predicted molar refractivity (Wildman–Crippen MR) is 93.1 cm³/mol. The molecule has 0 radical (unpaired) electrons. The van der Waals surface area contributed by atoms with Crippen molar-refractivity contribution in [2.24, 2.45) is 5.92 Å². The number of carbonyl (C=O) groups is 2. The summed E-state index contributed by atoms with van der Waals surface area (Å²) in [6.45, 7) is 0.403. The molecule has 1 N–H and O–H groups in total. The number of carbonyl (C=O) groups excluding carboxylic acids is 1. The maximum Gasteiger partial charge on any atom is 0.308 e. The van der Waals surface area contributed by atoms with Crippen LogP contribution in [0.2, 0.25) is 0 Å². The number of amides is 1. The second-order valence-corrected chi connectivity index (χ2v) is 6.21. The average Bonchev–Trinajstić information content (AvgIpc) is 2.64. The van der Waals surface area contributed by atoms with E-state index in [-0.39, 0.29) is 12.3 Å². The fourth-order valence-electron chi connectivity index (χ4n) is 3.39. The minimum Gasteiger partial charge on any atom is -0.497 e. The number of nitrogens with zero attached hydrogens (tertiary/aromatic N) is 1. The van der Waals surface area contributed by atoms with Gasteiger partial charge in [-0.3, -0.25) is 9.59 Å². The minimum atomic E-state index is -0.869. The molecule has 25 heavy (non-hydrogen) atoms. The van der Waals surface area contributed by atoms with Crippen molar-refractivity contribution in [1.82, 2.24) is 4.90 Å². The summed E-state index contributed by atoms with van der Waals surface area (Å²) in [7, 11) is 1.58. The smallest absolute Gasteiger partial charge is 0.308 e. The Labute approximate surface area is 146 Å². The second kappa shape index (κ2) is 7.38. The van der Waals surface area contributed by atoms with Crippen LogP contribution in [0.5, 0.6) is 5.75 Å². The Morgan fingerprint density at radius 2 is 1.84 bits per heavy atom. The van der Waals surface area contributed by atoms with E-state index in [1.165, 1.54) is 0 Å². The molecule has 2 atom stereocenters. The first-order chi connectivity index (χ1) is 12.1. The van der Waals surface area contributed by atoms with Gasteiger partial charge in [-0.2, -0.15) is 0 Å².